The smallest absolute Gasteiger partial charge is 0.343 e. The summed E-state index contributed by atoms with van der Waals surface area (Å²) in [6.45, 7) is 5.75. The minimum atomic E-state index is -2.35. The third kappa shape index (κ3) is 7.03. The highest BCUT2D eigenvalue weighted by atomic mass is 19.2. The summed E-state index contributed by atoms with van der Waals surface area (Å²) in [6.07, 6.45) is 3.09. The molecule has 178 valence electrons. The van der Waals surface area contributed by atoms with Gasteiger partial charge in [-0.25, -0.2) is 22.8 Å². The SMILES string of the molecule is C=C(C)C(=O)OCCCCCCOc1ccc(C(=O)Oc2c(F)c(F)c(F)c(F)c2F)cc1. The predicted octanol–water partition coefficient (Wildman–Crippen LogP) is 5.66. The maximum atomic E-state index is 13.6. The lowest BCUT2D eigenvalue weighted by Gasteiger charge is -2.10. The number of rotatable bonds is 11. The second-order valence-electron chi connectivity index (χ2n) is 6.99. The van der Waals surface area contributed by atoms with Gasteiger partial charge in [0, 0.05) is 5.57 Å². The molecule has 0 bridgehead atoms. The van der Waals surface area contributed by atoms with Crippen LogP contribution in [0.15, 0.2) is 36.4 Å². The molecule has 0 heterocycles. The van der Waals surface area contributed by atoms with E-state index in [9.17, 15) is 31.5 Å². The average Bonchev–Trinajstić information content (AvgIpc) is 2.80. The molecule has 0 aromatic heterocycles. The van der Waals surface area contributed by atoms with Crippen LogP contribution in [0.1, 0.15) is 43.0 Å². The van der Waals surface area contributed by atoms with Crippen molar-refractivity contribution in [2.24, 2.45) is 0 Å². The molecule has 2 aromatic carbocycles. The van der Waals surface area contributed by atoms with Crippen molar-refractivity contribution in [2.45, 2.75) is 32.6 Å². The van der Waals surface area contributed by atoms with E-state index in [-0.39, 0.29) is 5.56 Å². The van der Waals surface area contributed by atoms with Gasteiger partial charge in [-0.05, 0) is 56.9 Å². The summed E-state index contributed by atoms with van der Waals surface area (Å²) in [5, 5.41) is 0. The molecule has 2 rings (SSSR count). The Balaban J connectivity index is 1.79. The Kier molecular flexibility index (Phi) is 9.38. The molecule has 33 heavy (non-hydrogen) atoms. The van der Waals surface area contributed by atoms with Crippen LogP contribution in [0.25, 0.3) is 0 Å². The van der Waals surface area contributed by atoms with Gasteiger partial charge in [0.2, 0.25) is 34.8 Å². The summed E-state index contributed by atoms with van der Waals surface area (Å²) in [5.41, 5.74) is 0.163. The molecule has 5 nitrogen and oxygen atoms in total. The summed E-state index contributed by atoms with van der Waals surface area (Å²) in [4.78, 5) is 23.2. The fraction of sp³-hybridized carbons (Fsp3) is 0.304. The quantitative estimate of drug-likeness (QED) is 0.0804. The summed E-state index contributed by atoms with van der Waals surface area (Å²) in [7, 11) is 0. The van der Waals surface area contributed by atoms with E-state index >= 15 is 0 Å². The third-order valence-electron chi connectivity index (χ3n) is 4.34. The Labute approximate surface area is 186 Å². The number of carbonyl (C=O) groups excluding carboxylic acids is 2. The zero-order valence-electron chi connectivity index (χ0n) is 17.7. The van der Waals surface area contributed by atoms with Gasteiger partial charge in [0.15, 0.2) is 0 Å². The number of esters is 2. The molecule has 0 fully saturated rings. The van der Waals surface area contributed by atoms with Crippen LogP contribution in [0.5, 0.6) is 11.5 Å². The lowest BCUT2D eigenvalue weighted by atomic mass is 10.2. The topological polar surface area (TPSA) is 61.8 Å². The fourth-order valence-electron chi connectivity index (χ4n) is 2.55. The van der Waals surface area contributed by atoms with Crippen molar-refractivity contribution in [1.82, 2.24) is 0 Å². The van der Waals surface area contributed by atoms with Crippen molar-refractivity contribution in [3.8, 4) is 11.5 Å². The highest BCUT2D eigenvalue weighted by Gasteiger charge is 2.28. The molecule has 0 N–H and O–H groups in total. The Morgan fingerprint density at radius 1 is 0.788 bits per heavy atom. The van der Waals surface area contributed by atoms with Crippen LogP contribution in [0.2, 0.25) is 0 Å². The van der Waals surface area contributed by atoms with Crippen LogP contribution in [0.4, 0.5) is 22.0 Å². The average molecular weight is 472 g/mol. The van der Waals surface area contributed by atoms with Crippen molar-refractivity contribution in [2.75, 3.05) is 13.2 Å². The maximum absolute atomic E-state index is 13.6. The third-order valence-corrected chi connectivity index (χ3v) is 4.34. The number of halogens is 5. The number of hydrogen-bond donors (Lipinski definition) is 0. The van der Waals surface area contributed by atoms with E-state index in [1.54, 1.807) is 6.92 Å². The number of carbonyl (C=O) groups is 2. The molecular weight excluding hydrogens is 451 g/mol. The molecule has 0 unspecified atom stereocenters. The molecule has 0 saturated heterocycles. The Morgan fingerprint density at radius 3 is 1.85 bits per heavy atom. The molecular formula is C23H21F5O5. The van der Waals surface area contributed by atoms with Crippen LogP contribution >= 0.6 is 0 Å². The molecule has 10 heteroatoms. The van der Waals surface area contributed by atoms with Gasteiger partial charge < -0.3 is 14.2 Å². The zero-order valence-corrected chi connectivity index (χ0v) is 17.7. The predicted molar refractivity (Wildman–Crippen MR) is 107 cm³/mol. The second kappa shape index (κ2) is 12.0. The first kappa shape index (κ1) is 25.8. The van der Waals surface area contributed by atoms with Crippen LogP contribution in [0, 0.1) is 29.1 Å². The lowest BCUT2D eigenvalue weighted by molar-refractivity contribution is -0.139. The summed E-state index contributed by atoms with van der Waals surface area (Å²) < 4.78 is 81.6. The molecule has 0 aliphatic heterocycles. The van der Waals surface area contributed by atoms with Gasteiger partial charge in [-0.3, -0.25) is 0 Å². The van der Waals surface area contributed by atoms with Crippen molar-refractivity contribution in [3.63, 3.8) is 0 Å². The van der Waals surface area contributed by atoms with E-state index in [1.807, 2.05) is 0 Å². The Morgan fingerprint density at radius 2 is 1.30 bits per heavy atom. The van der Waals surface area contributed by atoms with E-state index in [1.165, 1.54) is 24.3 Å². The molecule has 0 aliphatic rings. The van der Waals surface area contributed by atoms with E-state index in [0.717, 1.165) is 19.3 Å². The van der Waals surface area contributed by atoms with Crippen molar-refractivity contribution >= 4 is 11.9 Å². The number of ether oxygens (including phenoxy) is 3. The van der Waals surface area contributed by atoms with Gasteiger partial charge in [0.1, 0.15) is 5.75 Å². The summed E-state index contributed by atoms with van der Waals surface area (Å²) >= 11 is 0. The first-order chi connectivity index (χ1) is 15.6. The molecule has 2 aromatic rings. The molecule has 0 saturated carbocycles. The molecule has 0 amide bonds. The Bertz CT molecular complexity index is 992. The molecule has 0 atom stereocenters. The molecule has 0 spiro atoms. The summed E-state index contributed by atoms with van der Waals surface area (Å²) in [6, 6.07) is 5.23. The standard InChI is InChI=1S/C23H21F5O5/c1-13(2)22(29)32-12-6-4-3-5-11-31-15-9-7-14(8-10-15)23(30)33-21-19(27)17(25)16(24)18(26)20(21)28/h7-10H,1,3-6,11-12H2,2H3. The van der Waals surface area contributed by atoms with Crippen LogP contribution in [-0.4, -0.2) is 25.2 Å². The minimum absolute atomic E-state index is 0.185. The van der Waals surface area contributed by atoms with E-state index < -0.39 is 46.8 Å². The normalized spacial score (nSPS) is 10.6. The van der Waals surface area contributed by atoms with Gasteiger partial charge >= 0.3 is 11.9 Å². The first-order valence-corrected chi connectivity index (χ1v) is 9.92. The van der Waals surface area contributed by atoms with Gasteiger partial charge in [-0.2, -0.15) is 8.78 Å². The number of unbranched alkanes of at least 4 members (excludes halogenated alkanes) is 3. The monoisotopic (exact) mass is 472 g/mol. The highest BCUT2D eigenvalue weighted by molar-refractivity contribution is 5.91. The molecule has 0 aliphatic carbocycles. The second-order valence-corrected chi connectivity index (χ2v) is 6.99. The van der Waals surface area contributed by atoms with E-state index in [0.29, 0.717) is 31.0 Å². The zero-order chi connectivity index (χ0) is 24.5. The van der Waals surface area contributed by atoms with Crippen LogP contribution in [-0.2, 0) is 9.53 Å². The van der Waals surface area contributed by atoms with Gasteiger partial charge in [0.25, 0.3) is 0 Å². The first-order valence-electron chi connectivity index (χ1n) is 9.92. The largest absolute Gasteiger partial charge is 0.494 e. The van der Waals surface area contributed by atoms with Gasteiger partial charge in [-0.15, -0.1) is 0 Å². The van der Waals surface area contributed by atoms with Crippen molar-refractivity contribution < 1.29 is 45.8 Å². The Hall–Kier alpha value is -3.43. The highest BCUT2D eigenvalue weighted by Crippen LogP contribution is 2.29. The van der Waals surface area contributed by atoms with E-state index in [2.05, 4.69) is 11.3 Å². The summed E-state index contributed by atoms with van der Waals surface area (Å²) in [5.74, 6) is -14.3. The number of hydrogen-bond acceptors (Lipinski definition) is 5. The molecule has 0 radical (unpaired) electrons. The lowest BCUT2D eigenvalue weighted by Crippen LogP contribution is -2.13. The van der Waals surface area contributed by atoms with Crippen LogP contribution in [0.3, 0.4) is 0 Å². The maximum Gasteiger partial charge on any atom is 0.343 e. The fourth-order valence-corrected chi connectivity index (χ4v) is 2.55. The van der Waals surface area contributed by atoms with E-state index in [4.69, 9.17) is 9.47 Å². The van der Waals surface area contributed by atoms with Gasteiger partial charge in [0.05, 0.1) is 18.8 Å². The van der Waals surface area contributed by atoms with Crippen molar-refractivity contribution in [1.29, 1.82) is 0 Å². The van der Waals surface area contributed by atoms with Gasteiger partial charge in [-0.1, -0.05) is 6.58 Å². The van der Waals surface area contributed by atoms with Crippen molar-refractivity contribution in [3.05, 3.63) is 71.1 Å². The minimum Gasteiger partial charge on any atom is -0.494 e. The van der Waals surface area contributed by atoms with Crippen LogP contribution < -0.4 is 9.47 Å². The number of benzene rings is 2.